The SMILES string of the molecule is COc1ccc(-c2cn(S(=O)Cc3cccc(Cl)c3)c3ncccc23)cc1OC. The summed E-state index contributed by atoms with van der Waals surface area (Å²) in [5, 5.41) is 1.54. The van der Waals surface area contributed by atoms with Crippen LogP contribution in [-0.2, 0) is 16.7 Å². The lowest BCUT2D eigenvalue weighted by molar-refractivity contribution is 0.355. The van der Waals surface area contributed by atoms with Gasteiger partial charge in [0.15, 0.2) is 17.1 Å². The van der Waals surface area contributed by atoms with Gasteiger partial charge in [0.2, 0.25) is 0 Å². The Morgan fingerprint density at radius 1 is 1.03 bits per heavy atom. The maximum Gasteiger partial charge on any atom is 0.161 e. The molecule has 0 aliphatic rings. The van der Waals surface area contributed by atoms with Gasteiger partial charge in [0, 0.05) is 28.4 Å². The van der Waals surface area contributed by atoms with Crippen LogP contribution in [0.15, 0.2) is 67.0 Å². The molecule has 0 bridgehead atoms. The average Bonchev–Trinajstić information content (AvgIpc) is 3.13. The predicted octanol–water partition coefficient (Wildman–Crippen LogP) is 5.09. The third-order valence-corrected chi connectivity index (χ3v) is 6.16. The van der Waals surface area contributed by atoms with Crippen LogP contribution in [0.5, 0.6) is 11.5 Å². The Morgan fingerprint density at radius 3 is 2.62 bits per heavy atom. The number of hydrogen-bond acceptors (Lipinski definition) is 4. The molecule has 1 unspecified atom stereocenters. The largest absolute Gasteiger partial charge is 0.493 e. The van der Waals surface area contributed by atoms with Crippen molar-refractivity contribution in [3.8, 4) is 22.6 Å². The molecular formula is C22H19ClN2O3S. The number of hydrogen-bond donors (Lipinski definition) is 0. The zero-order valence-electron chi connectivity index (χ0n) is 16.0. The van der Waals surface area contributed by atoms with Crippen molar-refractivity contribution in [2.75, 3.05) is 14.2 Å². The van der Waals surface area contributed by atoms with Gasteiger partial charge in [0.05, 0.1) is 20.0 Å². The summed E-state index contributed by atoms with van der Waals surface area (Å²) < 4.78 is 25.6. The van der Waals surface area contributed by atoms with Crippen LogP contribution in [0.25, 0.3) is 22.2 Å². The first-order valence-corrected chi connectivity index (χ1v) is 10.6. The number of pyridine rings is 1. The van der Waals surface area contributed by atoms with E-state index in [2.05, 4.69) is 4.98 Å². The van der Waals surface area contributed by atoms with Gasteiger partial charge in [-0.05, 0) is 47.5 Å². The Balaban J connectivity index is 1.79. The van der Waals surface area contributed by atoms with Gasteiger partial charge in [-0.2, -0.15) is 0 Å². The van der Waals surface area contributed by atoms with E-state index < -0.39 is 11.0 Å². The fourth-order valence-corrected chi connectivity index (χ4v) is 4.64. The molecule has 7 heteroatoms. The molecular weight excluding hydrogens is 408 g/mol. The third-order valence-electron chi connectivity index (χ3n) is 4.63. The lowest BCUT2D eigenvalue weighted by atomic mass is 10.1. The van der Waals surface area contributed by atoms with Gasteiger partial charge < -0.3 is 9.47 Å². The van der Waals surface area contributed by atoms with Crippen molar-refractivity contribution in [3.63, 3.8) is 0 Å². The number of halogens is 1. The van der Waals surface area contributed by atoms with Gasteiger partial charge in [-0.3, -0.25) is 0 Å². The number of rotatable bonds is 6. The highest BCUT2D eigenvalue weighted by Crippen LogP contribution is 2.36. The minimum Gasteiger partial charge on any atom is -0.493 e. The molecule has 4 aromatic rings. The van der Waals surface area contributed by atoms with Crippen LogP contribution >= 0.6 is 11.6 Å². The molecule has 0 aliphatic carbocycles. The minimum atomic E-state index is -1.34. The summed E-state index contributed by atoms with van der Waals surface area (Å²) in [6.07, 6.45) is 3.58. The second-order valence-corrected chi connectivity index (χ2v) is 8.17. The van der Waals surface area contributed by atoms with Gasteiger partial charge in [-0.1, -0.05) is 29.8 Å². The second kappa shape index (κ2) is 8.27. The van der Waals surface area contributed by atoms with E-state index >= 15 is 0 Å². The summed E-state index contributed by atoms with van der Waals surface area (Å²) in [6.45, 7) is 0. The lowest BCUT2D eigenvalue weighted by Crippen LogP contribution is -2.06. The van der Waals surface area contributed by atoms with Gasteiger partial charge in [-0.25, -0.2) is 13.2 Å². The monoisotopic (exact) mass is 426 g/mol. The van der Waals surface area contributed by atoms with Crippen molar-refractivity contribution < 1.29 is 13.7 Å². The van der Waals surface area contributed by atoms with Crippen LogP contribution < -0.4 is 9.47 Å². The molecule has 29 heavy (non-hydrogen) atoms. The number of nitrogens with zero attached hydrogens (tertiary/aromatic N) is 2. The molecule has 0 N–H and O–H groups in total. The van der Waals surface area contributed by atoms with Crippen molar-refractivity contribution in [1.82, 2.24) is 8.96 Å². The summed E-state index contributed by atoms with van der Waals surface area (Å²) in [5.74, 6) is 1.63. The number of aromatic nitrogens is 2. The maximum absolute atomic E-state index is 13.2. The smallest absolute Gasteiger partial charge is 0.161 e. The maximum atomic E-state index is 13.2. The molecule has 5 nitrogen and oxygen atoms in total. The molecule has 2 aromatic heterocycles. The molecule has 0 spiro atoms. The summed E-state index contributed by atoms with van der Waals surface area (Å²) in [4.78, 5) is 4.47. The van der Waals surface area contributed by atoms with Crippen molar-refractivity contribution in [2.45, 2.75) is 5.75 Å². The molecule has 2 aromatic carbocycles. The molecule has 0 fully saturated rings. The Labute approximate surface area is 176 Å². The van der Waals surface area contributed by atoms with Crippen LogP contribution in [0.3, 0.4) is 0 Å². The van der Waals surface area contributed by atoms with Crippen LogP contribution in [0.1, 0.15) is 5.56 Å². The fourth-order valence-electron chi connectivity index (χ4n) is 3.26. The summed E-state index contributed by atoms with van der Waals surface area (Å²) in [5.41, 5.74) is 3.42. The van der Waals surface area contributed by atoms with Crippen molar-refractivity contribution in [3.05, 3.63) is 77.6 Å². The van der Waals surface area contributed by atoms with Gasteiger partial charge in [0.1, 0.15) is 11.0 Å². The Hall–Kier alpha value is -2.83. The zero-order valence-corrected chi connectivity index (χ0v) is 17.5. The molecule has 0 saturated heterocycles. The molecule has 148 valence electrons. The molecule has 1 atom stereocenters. The lowest BCUT2D eigenvalue weighted by Gasteiger charge is -2.09. The Kier molecular flexibility index (Phi) is 5.56. The first kappa shape index (κ1) is 19.5. The molecule has 0 radical (unpaired) electrons. The van der Waals surface area contributed by atoms with Crippen molar-refractivity contribution >= 4 is 33.6 Å². The highest BCUT2D eigenvalue weighted by atomic mass is 35.5. The summed E-state index contributed by atoms with van der Waals surface area (Å²) >= 11 is 6.07. The van der Waals surface area contributed by atoms with Crippen LogP contribution in [-0.4, -0.2) is 27.4 Å². The standard InChI is InChI=1S/C22H19ClN2O3S/c1-27-20-9-8-16(12-21(20)28-2)19-13-25(22-18(19)7-4-10-24-22)29(26)14-15-5-3-6-17(23)11-15/h3-13H,14H2,1-2H3. The number of benzene rings is 2. The Bertz CT molecular complexity index is 1210. The molecule has 0 amide bonds. The summed E-state index contributed by atoms with van der Waals surface area (Å²) in [6, 6.07) is 17.0. The van der Waals surface area contributed by atoms with E-state index in [9.17, 15) is 4.21 Å². The van der Waals surface area contributed by atoms with Crippen LogP contribution in [0, 0.1) is 0 Å². The molecule has 4 rings (SSSR count). The van der Waals surface area contributed by atoms with E-state index in [1.54, 1.807) is 30.5 Å². The van der Waals surface area contributed by atoms with Crippen molar-refractivity contribution in [2.24, 2.45) is 0 Å². The molecule has 0 aliphatic heterocycles. The number of fused-ring (bicyclic) bond motifs is 1. The first-order valence-electron chi connectivity index (χ1n) is 8.92. The second-order valence-electron chi connectivity index (χ2n) is 6.41. The van der Waals surface area contributed by atoms with Crippen LogP contribution in [0.2, 0.25) is 5.02 Å². The van der Waals surface area contributed by atoms with E-state index in [4.69, 9.17) is 21.1 Å². The normalized spacial score (nSPS) is 12.1. The first-order chi connectivity index (χ1) is 14.1. The minimum absolute atomic E-state index is 0.340. The van der Waals surface area contributed by atoms with Gasteiger partial charge in [0.25, 0.3) is 0 Å². The average molecular weight is 427 g/mol. The van der Waals surface area contributed by atoms with Crippen molar-refractivity contribution in [1.29, 1.82) is 0 Å². The highest BCUT2D eigenvalue weighted by Gasteiger charge is 2.17. The zero-order chi connectivity index (χ0) is 20.4. The van der Waals surface area contributed by atoms with E-state index in [-0.39, 0.29) is 0 Å². The van der Waals surface area contributed by atoms with Gasteiger partial charge >= 0.3 is 0 Å². The predicted molar refractivity (Wildman–Crippen MR) is 117 cm³/mol. The Morgan fingerprint density at radius 2 is 1.86 bits per heavy atom. The third kappa shape index (κ3) is 3.86. The quantitative estimate of drug-likeness (QED) is 0.431. The van der Waals surface area contributed by atoms with E-state index in [0.717, 1.165) is 22.1 Å². The van der Waals surface area contributed by atoms with Gasteiger partial charge in [-0.15, -0.1) is 0 Å². The number of methoxy groups -OCH3 is 2. The fraction of sp³-hybridized carbons (Fsp3) is 0.136. The van der Waals surface area contributed by atoms with E-state index in [0.29, 0.717) is 27.9 Å². The topological polar surface area (TPSA) is 53.4 Å². The van der Waals surface area contributed by atoms with Crippen LogP contribution in [0.4, 0.5) is 0 Å². The molecule has 2 heterocycles. The van der Waals surface area contributed by atoms with E-state index in [1.807, 2.05) is 54.7 Å². The van der Waals surface area contributed by atoms with E-state index in [1.165, 1.54) is 0 Å². The summed E-state index contributed by atoms with van der Waals surface area (Å²) in [7, 11) is 1.86. The number of ether oxygens (including phenoxy) is 2. The molecule has 0 saturated carbocycles. The highest BCUT2D eigenvalue weighted by molar-refractivity contribution is 7.82.